The lowest BCUT2D eigenvalue weighted by molar-refractivity contribution is -0.597. The number of rotatable bonds is 2. The van der Waals surface area contributed by atoms with Crippen LogP contribution >= 0.6 is 0 Å². The molecule has 0 unspecified atom stereocenters. The van der Waals surface area contributed by atoms with E-state index < -0.39 is 0 Å². The van der Waals surface area contributed by atoms with E-state index in [4.69, 9.17) is 0 Å². The maximum Gasteiger partial charge on any atom is 0.357 e. The summed E-state index contributed by atoms with van der Waals surface area (Å²) in [5.41, 5.74) is 0. The molecule has 2 aromatic carbocycles. The third-order valence-corrected chi connectivity index (χ3v) is 4.51. The normalized spacial score (nSPS) is 9.62. The van der Waals surface area contributed by atoms with Gasteiger partial charge in [0.1, 0.15) is 11.6 Å². The molecule has 0 aliphatic carbocycles. The molecular weight excluding hydrogens is 436 g/mol. The van der Waals surface area contributed by atoms with Gasteiger partial charge in [0.15, 0.2) is 7.14 Å². The summed E-state index contributed by atoms with van der Waals surface area (Å²) < 4.78 is 27.5. The third kappa shape index (κ3) is 3.97. The van der Waals surface area contributed by atoms with Gasteiger partial charge in [-0.05, 0) is 48.5 Å². The van der Waals surface area contributed by atoms with Crippen LogP contribution in [-0.4, -0.2) is 0 Å². The van der Waals surface area contributed by atoms with Crippen molar-refractivity contribution in [3.8, 4) is 0 Å². The first kappa shape index (κ1) is 13.8. The summed E-state index contributed by atoms with van der Waals surface area (Å²) >= 11 is -0.330. The Hall–Kier alpha value is -0.240. The Kier molecular flexibility index (Phi) is 5.60. The minimum absolute atomic E-state index is 0. The highest BCUT2D eigenvalue weighted by Gasteiger charge is 2.14. The maximum absolute atomic E-state index is 12.6. The molecule has 0 bridgehead atoms. The molecule has 0 aliphatic rings. The first-order valence-electron chi connectivity index (χ1n) is 4.40. The lowest BCUT2D eigenvalue weighted by atomic mass is 10.4. The molecule has 0 fully saturated rings. The van der Waals surface area contributed by atoms with E-state index >= 15 is 0 Å². The fourth-order valence-electron chi connectivity index (χ4n) is 1.11. The van der Waals surface area contributed by atoms with Gasteiger partial charge in [-0.3, -0.25) is 0 Å². The molecule has 0 nitrogen and oxygen atoms in total. The Morgan fingerprint density at radius 1 is 0.625 bits per heavy atom. The summed E-state index contributed by atoms with van der Waals surface area (Å²) in [5, 5.41) is 0. The van der Waals surface area contributed by atoms with Gasteiger partial charge in [-0.1, -0.05) is 0 Å². The van der Waals surface area contributed by atoms with Gasteiger partial charge >= 0.3 is 21.2 Å². The van der Waals surface area contributed by atoms with Crippen LogP contribution in [0.1, 0.15) is 0 Å². The second-order valence-corrected chi connectivity index (χ2v) is 6.00. The topological polar surface area (TPSA) is 0 Å². The van der Waals surface area contributed by atoms with Crippen molar-refractivity contribution in [3.05, 3.63) is 67.3 Å². The third-order valence-electron chi connectivity index (χ3n) is 1.83. The van der Waals surface area contributed by atoms with Gasteiger partial charge in [0, 0.05) is 0 Å². The first-order chi connectivity index (χ1) is 7.24. The van der Waals surface area contributed by atoms with E-state index in [0.29, 0.717) is 0 Å². The Balaban J connectivity index is 0.00000128. The molecule has 0 aromatic heterocycles. The largest absolute Gasteiger partial charge is 1.00 e. The molecule has 0 spiro atoms. The van der Waals surface area contributed by atoms with E-state index in [9.17, 15) is 8.78 Å². The summed E-state index contributed by atoms with van der Waals surface area (Å²) in [6.07, 6.45) is 0. The second kappa shape index (κ2) is 6.48. The van der Waals surface area contributed by atoms with Crippen LogP contribution in [0.2, 0.25) is 0 Å². The maximum atomic E-state index is 12.6. The molecule has 2 aromatic rings. The summed E-state index contributed by atoms with van der Waals surface area (Å²) in [5.74, 6) is -0.441. The van der Waals surface area contributed by atoms with Crippen molar-refractivity contribution in [2.45, 2.75) is 0 Å². The fraction of sp³-hybridized carbons (Fsp3) is 0. The number of hydrogen-bond acceptors (Lipinski definition) is 0. The number of hydrogen-bond donors (Lipinski definition) is 0. The minimum atomic E-state index is -0.330. The fourth-order valence-corrected chi connectivity index (χ4v) is 3.27. The Morgan fingerprint density at radius 3 is 1.25 bits per heavy atom. The van der Waals surface area contributed by atoms with Crippen molar-refractivity contribution in [1.29, 1.82) is 0 Å². The average Bonchev–Trinajstić information content (AvgIpc) is 2.25. The van der Waals surface area contributed by atoms with Gasteiger partial charge in [0.25, 0.3) is 0 Å². The van der Waals surface area contributed by atoms with E-state index in [0.717, 1.165) is 7.14 Å². The highest BCUT2D eigenvalue weighted by Crippen LogP contribution is 1.95. The zero-order chi connectivity index (χ0) is 10.7. The zero-order valence-corrected chi connectivity index (χ0v) is 12.4. The molecule has 0 N–H and O–H groups in total. The van der Waals surface area contributed by atoms with Crippen LogP contribution in [0, 0.1) is 18.8 Å². The highest BCUT2D eigenvalue weighted by molar-refractivity contribution is 5.05. The van der Waals surface area contributed by atoms with Gasteiger partial charge < -0.3 is 24.0 Å². The van der Waals surface area contributed by atoms with E-state index in [-0.39, 0.29) is 56.8 Å². The quantitative estimate of drug-likeness (QED) is 0.437. The van der Waals surface area contributed by atoms with Crippen LogP contribution in [0.5, 0.6) is 0 Å². The predicted octanol–water partition coefficient (Wildman–Crippen LogP) is -2.90. The number of halogens is 4. The van der Waals surface area contributed by atoms with Crippen molar-refractivity contribution in [2.75, 3.05) is 0 Å². The standard InChI is InChI=1S/C12H8F2I.HI/c13-9-1-5-11(6-2-9)15-12-7-3-10(14)4-8-12;/h1-8H;1H/q+1;/p-1. The molecule has 84 valence electrons. The molecule has 4 heteroatoms. The smallest absolute Gasteiger partial charge is 0.357 e. The molecule has 0 radical (unpaired) electrons. The van der Waals surface area contributed by atoms with E-state index in [2.05, 4.69) is 0 Å². The van der Waals surface area contributed by atoms with Crippen LogP contribution in [0.4, 0.5) is 8.78 Å². The number of benzene rings is 2. The van der Waals surface area contributed by atoms with Crippen molar-refractivity contribution >= 4 is 0 Å². The molecule has 0 heterocycles. The lowest BCUT2D eigenvalue weighted by Crippen LogP contribution is -3.61. The van der Waals surface area contributed by atoms with Crippen LogP contribution in [0.3, 0.4) is 0 Å². The summed E-state index contributed by atoms with van der Waals surface area (Å²) in [6, 6.07) is 13.0. The van der Waals surface area contributed by atoms with Crippen LogP contribution in [0.15, 0.2) is 48.5 Å². The SMILES string of the molecule is Fc1ccc([I+]c2ccc(F)cc2)cc1.[I-]. The van der Waals surface area contributed by atoms with E-state index in [1.807, 2.05) is 0 Å². The molecule has 0 saturated heterocycles. The molecule has 0 amide bonds. The Bertz CT molecular complexity index is 394. The Morgan fingerprint density at radius 2 is 0.938 bits per heavy atom. The van der Waals surface area contributed by atoms with Gasteiger partial charge in [-0.2, -0.15) is 0 Å². The molecule has 16 heavy (non-hydrogen) atoms. The monoisotopic (exact) mass is 444 g/mol. The van der Waals surface area contributed by atoms with Gasteiger partial charge in [-0.15, -0.1) is 0 Å². The average molecular weight is 444 g/mol. The van der Waals surface area contributed by atoms with Crippen LogP contribution in [0.25, 0.3) is 0 Å². The van der Waals surface area contributed by atoms with Crippen LogP contribution < -0.4 is 45.2 Å². The van der Waals surface area contributed by atoms with Gasteiger partial charge in [0.2, 0.25) is 0 Å². The first-order valence-corrected chi connectivity index (χ1v) is 6.56. The minimum Gasteiger partial charge on any atom is -1.00 e. The molecule has 2 rings (SSSR count). The summed E-state index contributed by atoms with van der Waals surface area (Å²) in [6.45, 7) is 0. The Labute approximate surface area is 120 Å². The predicted molar refractivity (Wildman–Crippen MR) is 50.2 cm³/mol. The zero-order valence-electron chi connectivity index (χ0n) is 8.13. The van der Waals surface area contributed by atoms with Gasteiger partial charge in [-0.25, -0.2) is 8.78 Å². The highest BCUT2D eigenvalue weighted by atomic mass is 127. The van der Waals surface area contributed by atoms with Crippen molar-refractivity contribution in [3.63, 3.8) is 0 Å². The van der Waals surface area contributed by atoms with Crippen molar-refractivity contribution in [2.24, 2.45) is 0 Å². The second-order valence-electron chi connectivity index (χ2n) is 2.97. The summed E-state index contributed by atoms with van der Waals surface area (Å²) in [7, 11) is 0. The van der Waals surface area contributed by atoms with E-state index in [1.54, 1.807) is 24.3 Å². The van der Waals surface area contributed by atoms with Crippen molar-refractivity contribution in [1.82, 2.24) is 0 Å². The molecular formula is C12H8F2I2. The van der Waals surface area contributed by atoms with E-state index in [1.165, 1.54) is 24.3 Å². The molecule has 0 saturated carbocycles. The summed E-state index contributed by atoms with van der Waals surface area (Å²) in [4.78, 5) is 0. The van der Waals surface area contributed by atoms with Crippen LogP contribution in [-0.2, 0) is 0 Å². The molecule has 0 atom stereocenters. The van der Waals surface area contributed by atoms with Crippen molar-refractivity contribution < 1.29 is 54.0 Å². The molecule has 0 aliphatic heterocycles. The lowest BCUT2D eigenvalue weighted by Gasteiger charge is -1.88. The van der Waals surface area contributed by atoms with Gasteiger partial charge in [0.05, 0.1) is 0 Å².